The van der Waals surface area contributed by atoms with E-state index in [9.17, 15) is 0 Å². The summed E-state index contributed by atoms with van der Waals surface area (Å²) in [4.78, 5) is 0. The van der Waals surface area contributed by atoms with Crippen molar-refractivity contribution in [3.63, 3.8) is 0 Å². The zero-order valence-corrected chi connectivity index (χ0v) is 9.41. The van der Waals surface area contributed by atoms with Gasteiger partial charge in [0.15, 0.2) is 0 Å². The Morgan fingerprint density at radius 1 is 1.13 bits per heavy atom. The van der Waals surface area contributed by atoms with Crippen LogP contribution in [-0.2, 0) is 4.74 Å². The van der Waals surface area contributed by atoms with E-state index in [1.807, 2.05) is 6.92 Å². The molecule has 1 atom stereocenters. The van der Waals surface area contributed by atoms with Crippen LogP contribution >= 0.6 is 0 Å². The van der Waals surface area contributed by atoms with Crippen LogP contribution < -0.4 is 0 Å². The molecule has 0 radical (unpaired) electrons. The molecule has 0 heterocycles. The number of nitrogens with zero attached hydrogens (tertiary/aromatic N) is 1. The Balaban J connectivity index is 1.78. The molecule has 0 N–H and O–H groups in total. The van der Waals surface area contributed by atoms with Crippen LogP contribution in [0.2, 0.25) is 0 Å². The first-order valence-corrected chi connectivity index (χ1v) is 6.26. The largest absolute Gasteiger partial charge is 0.357 e. The van der Waals surface area contributed by atoms with E-state index in [4.69, 9.17) is 10.00 Å². The van der Waals surface area contributed by atoms with Crippen LogP contribution in [0.3, 0.4) is 0 Å². The number of hydrogen-bond acceptors (Lipinski definition) is 2. The Labute approximate surface area is 91.6 Å². The number of rotatable bonds is 2. The summed E-state index contributed by atoms with van der Waals surface area (Å²) in [6.45, 7) is 1.89. The molecule has 82 valence electrons. The van der Waals surface area contributed by atoms with Crippen LogP contribution in [0, 0.1) is 29.1 Å². The normalized spacial score (nSPS) is 48.9. The van der Waals surface area contributed by atoms with Gasteiger partial charge >= 0.3 is 0 Å². The number of ether oxygens (including phenoxy) is 1. The molecule has 4 aliphatic carbocycles. The van der Waals surface area contributed by atoms with E-state index in [1.54, 1.807) is 0 Å². The van der Waals surface area contributed by atoms with Crippen LogP contribution in [0.15, 0.2) is 0 Å². The highest BCUT2D eigenvalue weighted by molar-refractivity contribution is 5.04. The van der Waals surface area contributed by atoms with Gasteiger partial charge in [-0.05, 0) is 63.2 Å². The van der Waals surface area contributed by atoms with E-state index >= 15 is 0 Å². The molecule has 4 aliphatic rings. The second kappa shape index (κ2) is 3.22. The van der Waals surface area contributed by atoms with Crippen LogP contribution in [0.25, 0.3) is 0 Å². The van der Waals surface area contributed by atoms with E-state index in [0.29, 0.717) is 0 Å². The van der Waals surface area contributed by atoms with Crippen molar-refractivity contribution in [3.05, 3.63) is 0 Å². The Kier molecular flexibility index (Phi) is 2.07. The summed E-state index contributed by atoms with van der Waals surface area (Å²) in [7, 11) is 0. The molecule has 15 heavy (non-hydrogen) atoms. The molecule has 0 aromatic rings. The molecule has 4 fully saturated rings. The van der Waals surface area contributed by atoms with E-state index in [2.05, 4.69) is 6.07 Å². The topological polar surface area (TPSA) is 33.0 Å². The third-order valence-corrected chi connectivity index (χ3v) is 4.59. The first kappa shape index (κ1) is 9.66. The minimum absolute atomic E-state index is 0.101. The lowest BCUT2D eigenvalue weighted by atomic mass is 9.54. The fourth-order valence-electron chi connectivity index (χ4n) is 4.58. The van der Waals surface area contributed by atoms with Gasteiger partial charge in [0.05, 0.1) is 11.7 Å². The number of hydrogen-bond donors (Lipinski definition) is 0. The first-order valence-electron chi connectivity index (χ1n) is 6.26. The van der Waals surface area contributed by atoms with Gasteiger partial charge in [0.1, 0.15) is 6.10 Å². The van der Waals surface area contributed by atoms with Gasteiger partial charge in [0.25, 0.3) is 0 Å². The van der Waals surface area contributed by atoms with E-state index in [-0.39, 0.29) is 11.7 Å². The van der Waals surface area contributed by atoms with Crippen molar-refractivity contribution in [2.45, 2.75) is 57.2 Å². The fraction of sp³-hybridized carbons (Fsp3) is 0.923. The summed E-state index contributed by atoms with van der Waals surface area (Å²) < 4.78 is 6.04. The van der Waals surface area contributed by atoms with Crippen molar-refractivity contribution in [1.82, 2.24) is 0 Å². The SMILES string of the molecule is CC(C#N)OC12CC3CC(CC(C3)C1)C2. The van der Waals surface area contributed by atoms with Gasteiger partial charge < -0.3 is 4.74 Å². The van der Waals surface area contributed by atoms with Crippen LogP contribution in [0.5, 0.6) is 0 Å². The second-order valence-corrected chi connectivity index (χ2v) is 5.99. The quantitative estimate of drug-likeness (QED) is 0.694. The highest BCUT2D eigenvalue weighted by Crippen LogP contribution is 2.57. The predicted molar refractivity (Wildman–Crippen MR) is 57.1 cm³/mol. The first-order chi connectivity index (χ1) is 7.19. The van der Waals surface area contributed by atoms with Gasteiger partial charge in [-0.15, -0.1) is 0 Å². The molecule has 2 heteroatoms. The van der Waals surface area contributed by atoms with Crippen molar-refractivity contribution in [3.8, 4) is 6.07 Å². The molecule has 0 aromatic carbocycles. The molecule has 0 spiro atoms. The minimum Gasteiger partial charge on any atom is -0.357 e. The molecule has 0 aromatic heterocycles. The lowest BCUT2D eigenvalue weighted by Gasteiger charge is -2.56. The van der Waals surface area contributed by atoms with Gasteiger partial charge in [-0.25, -0.2) is 0 Å². The summed E-state index contributed by atoms with van der Waals surface area (Å²) in [5, 5.41) is 8.86. The molecule has 1 unspecified atom stereocenters. The lowest BCUT2D eigenvalue weighted by Crippen LogP contribution is -2.52. The van der Waals surface area contributed by atoms with E-state index in [1.165, 1.54) is 38.5 Å². The average molecular weight is 205 g/mol. The zero-order chi connectivity index (χ0) is 10.5. The maximum absolute atomic E-state index is 8.86. The van der Waals surface area contributed by atoms with E-state index in [0.717, 1.165) is 17.8 Å². The van der Waals surface area contributed by atoms with Crippen LogP contribution in [-0.4, -0.2) is 11.7 Å². The second-order valence-electron chi connectivity index (χ2n) is 5.99. The van der Waals surface area contributed by atoms with Crippen LogP contribution in [0.1, 0.15) is 45.4 Å². The van der Waals surface area contributed by atoms with Crippen molar-refractivity contribution < 1.29 is 4.74 Å². The van der Waals surface area contributed by atoms with Crippen LogP contribution in [0.4, 0.5) is 0 Å². The maximum atomic E-state index is 8.86. The van der Waals surface area contributed by atoms with Gasteiger partial charge in [0, 0.05) is 0 Å². The molecule has 4 bridgehead atoms. The summed E-state index contributed by atoms with van der Waals surface area (Å²) in [5.74, 6) is 2.71. The monoisotopic (exact) mass is 205 g/mol. The Morgan fingerprint density at radius 2 is 1.60 bits per heavy atom. The van der Waals surface area contributed by atoms with Gasteiger partial charge in [0.2, 0.25) is 0 Å². The Morgan fingerprint density at radius 3 is 2.00 bits per heavy atom. The molecule has 4 rings (SSSR count). The zero-order valence-electron chi connectivity index (χ0n) is 9.41. The molecule has 0 saturated heterocycles. The Hall–Kier alpha value is -0.550. The number of nitriles is 1. The van der Waals surface area contributed by atoms with Crippen molar-refractivity contribution in [2.24, 2.45) is 17.8 Å². The van der Waals surface area contributed by atoms with Gasteiger partial charge in [-0.1, -0.05) is 0 Å². The standard InChI is InChI=1S/C13H19NO/c1-9(8-14)15-13-5-10-2-11(6-13)4-12(3-10)7-13/h9-12H,2-7H2,1H3. The summed E-state index contributed by atoms with van der Waals surface area (Å²) in [6.07, 6.45) is 7.76. The highest BCUT2D eigenvalue weighted by atomic mass is 16.5. The molecule has 0 aliphatic heterocycles. The Bertz CT molecular complexity index is 269. The third kappa shape index (κ3) is 1.58. The molecular formula is C13H19NO. The summed E-state index contributed by atoms with van der Waals surface area (Å²) in [6, 6.07) is 2.22. The van der Waals surface area contributed by atoms with Gasteiger partial charge in [-0.2, -0.15) is 5.26 Å². The van der Waals surface area contributed by atoms with Crippen molar-refractivity contribution in [2.75, 3.05) is 0 Å². The predicted octanol–water partition coefficient (Wildman–Crippen LogP) is 2.88. The smallest absolute Gasteiger partial charge is 0.141 e. The molecule has 2 nitrogen and oxygen atoms in total. The van der Waals surface area contributed by atoms with E-state index < -0.39 is 0 Å². The summed E-state index contributed by atoms with van der Waals surface area (Å²) in [5.41, 5.74) is 0.101. The van der Waals surface area contributed by atoms with Crippen molar-refractivity contribution >= 4 is 0 Å². The maximum Gasteiger partial charge on any atom is 0.141 e. The average Bonchev–Trinajstić information content (AvgIpc) is 2.14. The molecule has 4 saturated carbocycles. The van der Waals surface area contributed by atoms with Gasteiger partial charge in [-0.3, -0.25) is 0 Å². The minimum atomic E-state index is -0.221. The lowest BCUT2D eigenvalue weighted by molar-refractivity contribution is -0.173. The molecule has 0 amide bonds. The van der Waals surface area contributed by atoms with Crippen molar-refractivity contribution in [1.29, 1.82) is 5.26 Å². The fourth-order valence-corrected chi connectivity index (χ4v) is 4.58. The summed E-state index contributed by atoms with van der Waals surface area (Å²) >= 11 is 0. The molecular weight excluding hydrogens is 186 g/mol. The highest BCUT2D eigenvalue weighted by Gasteiger charge is 2.52. The third-order valence-electron chi connectivity index (χ3n) is 4.59.